The number of carboxylic acid groups (broad SMARTS) is 1. The fraction of sp³-hybridized carbons (Fsp3) is 0.769. The summed E-state index contributed by atoms with van der Waals surface area (Å²) in [5.74, 6) is -1.55. The SMILES string of the molecule is CCC(CNC(=O)N1CCOCC1C(=O)OC)CC(=O)O. The Kier molecular flexibility index (Phi) is 6.93. The molecule has 1 aliphatic rings. The van der Waals surface area contributed by atoms with Crippen LogP contribution in [0.1, 0.15) is 19.8 Å². The summed E-state index contributed by atoms with van der Waals surface area (Å²) in [7, 11) is 1.26. The summed E-state index contributed by atoms with van der Waals surface area (Å²) < 4.78 is 9.84. The smallest absolute Gasteiger partial charge is 0.331 e. The fourth-order valence-corrected chi connectivity index (χ4v) is 2.12. The molecular weight excluding hydrogens is 280 g/mol. The molecule has 8 heteroatoms. The number of rotatable bonds is 6. The number of esters is 1. The van der Waals surface area contributed by atoms with Gasteiger partial charge in [-0.15, -0.1) is 0 Å². The maximum absolute atomic E-state index is 12.1. The van der Waals surface area contributed by atoms with Crippen molar-refractivity contribution in [1.29, 1.82) is 0 Å². The third-order valence-corrected chi connectivity index (χ3v) is 3.45. The number of hydrogen-bond acceptors (Lipinski definition) is 5. The number of urea groups is 1. The van der Waals surface area contributed by atoms with Crippen molar-refractivity contribution in [2.45, 2.75) is 25.8 Å². The average molecular weight is 302 g/mol. The van der Waals surface area contributed by atoms with E-state index in [9.17, 15) is 14.4 Å². The van der Waals surface area contributed by atoms with Crippen molar-refractivity contribution in [3.05, 3.63) is 0 Å². The van der Waals surface area contributed by atoms with Crippen LogP contribution in [0, 0.1) is 5.92 Å². The predicted octanol–water partition coefficient (Wildman–Crippen LogP) is 0.0707. The fourth-order valence-electron chi connectivity index (χ4n) is 2.12. The number of ether oxygens (including phenoxy) is 2. The van der Waals surface area contributed by atoms with Gasteiger partial charge in [0.25, 0.3) is 0 Å². The molecule has 0 aromatic carbocycles. The molecule has 8 nitrogen and oxygen atoms in total. The Balaban J connectivity index is 2.55. The monoisotopic (exact) mass is 302 g/mol. The van der Waals surface area contributed by atoms with E-state index in [1.807, 2.05) is 6.92 Å². The normalized spacial score (nSPS) is 19.7. The van der Waals surface area contributed by atoms with Crippen LogP contribution in [0.3, 0.4) is 0 Å². The summed E-state index contributed by atoms with van der Waals surface area (Å²) in [6.07, 6.45) is 0.649. The predicted molar refractivity (Wildman–Crippen MR) is 72.8 cm³/mol. The van der Waals surface area contributed by atoms with E-state index in [4.69, 9.17) is 9.84 Å². The largest absolute Gasteiger partial charge is 0.481 e. The van der Waals surface area contributed by atoms with Gasteiger partial charge in [0.1, 0.15) is 0 Å². The lowest BCUT2D eigenvalue weighted by Crippen LogP contribution is -2.56. The van der Waals surface area contributed by atoms with Crippen LogP contribution in [0.4, 0.5) is 4.79 Å². The maximum Gasteiger partial charge on any atom is 0.331 e. The zero-order chi connectivity index (χ0) is 15.8. The van der Waals surface area contributed by atoms with Crippen molar-refractivity contribution in [3.63, 3.8) is 0 Å². The second-order valence-corrected chi connectivity index (χ2v) is 4.87. The first-order chi connectivity index (χ1) is 9.99. The van der Waals surface area contributed by atoms with E-state index in [0.29, 0.717) is 19.6 Å². The number of hydrogen-bond donors (Lipinski definition) is 2. The van der Waals surface area contributed by atoms with Crippen LogP contribution in [0.5, 0.6) is 0 Å². The lowest BCUT2D eigenvalue weighted by atomic mass is 10.0. The van der Waals surface area contributed by atoms with Crippen LogP contribution in [0.25, 0.3) is 0 Å². The highest BCUT2D eigenvalue weighted by Crippen LogP contribution is 2.10. The third-order valence-electron chi connectivity index (χ3n) is 3.45. The standard InChI is InChI=1S/C13H22N2O6/c1-3-9(6-11(16)17)7-14-13(19)15-4-5-21-8-10(15)12(18)20-2/h9-10H,3-8H2,1-2H3,(H,14,19)(H,16,17). The van der Waals surface area contributed by atoms with Gasteiger partial charge in [-0.2, -0.15) is 0 Å². The molecule has 0 aromatic rings. The first-order valence-corrected chi connectivity index (χ1v) is 6.91. The van der Waals surface area contributed by atoms with E-state index in [0.717, 1.165) is 0 Å². The highest BCUT2D eigenvalue weighted by molar-refractivity contribution is 5.84. The summed E-state index contributed by atoms with van der Waals surface area (Å²) in [4.78, 5) is 35.8. The minimum Gasteiger partial charge on any atom is -0.481 e. The van der Waals surface area contributed by atoms with Crippen LogP contribution in [0.15, 0.2) is 0 Å². The van der Waals surface area contributed by atoms with Gasteiger partial charge in [0.2, 0.25) is 0 Å². The molecule has 1 aliphatic heterocycles. The summed E-state index contributed by atoms with van der Waals surface area (Å²) in [5, 5.41) is 11.5. The van der Waals surface area contributed by atoms with Gasteiger partial charge in [-0.25, -0.2) is 9.59 Å². The molecule has 0 radical (unpaired) electrons. The van der Waals surface area contributed by atoms with Crippen molar-refractivity contribution in [1.82, 2.24) is 10.2 Å². The second-order valence-electron chi connectivity index (χ2n) is 4.87. The molecule has 2 amide bonds. The van der Waals surface area contributed by atoms with Crippen LogP contribution in [-0.2, 0) is 19.1 Å². The van der Waals surface area contributed by atoms with Crippen molar-refractivity contribution < 1.29 is 29.0 Å². The Labute approximate surface area is 123 Å². The molecule has 2 unspecified atom stereocenters. The van der Waals surface area contributed by atoms with E-state index < -0.39 is 24.0 Å². The summed E-state index contributed by atoms with van der Waals surface area (Å²) in [5.41, 5.74) is 0. The van der Waals surface area contributed by atoms with E-state index in [2.05, 4.69) is 10.1 Å². The number of amides is 2. The molecule has 1 fully saturated rings. The molecule has 0 saturated carbocycles. The Morgan fingerprint density at radius 2 is 2.19 bits per heavy atom. The first-order valence-electron chi connectivity index (χ1n) is 6.91. The van der Waals surface area contributed by atoms with Gasteiger partial charge in [0.05, 0.1) is 20.3 Å². The Hall–Kier alpha value is -1.83. The Bertz CT molecular complexity index is 387. The molecule has 2 atom stereocenters. The van der Waals surface area contributed by atoms with Gasteiger partial charge >= 0.3 is 18.0 Å². The minimum atomic E-state index is -0.894. The first kappa shape index (κ1) is 17.2. The molecule has 2 N–H and O–H groups in total. The number of methoxy groups -OCH3 is 1. The average Bonchev–Trinajstić information content (AvgIpc) is 2.49. The minimum absolute atomic E-state index is 0.000319. The Morgan fingerprint density at radius 3 is 2.76 bits per heavy atom. The number of nitrogens with one attached hydrogen (secondary N) is 1. The van der Waals surface area contributed by atoms with Crippen LogP contribution in [-0.4, -0.2) is 67.4 Å². The number of nitrogens with zero attached hydrogens (tertiary/aromatic N) is 1. The van der Waals surface area contributed by atoms with Crippen molar-refractivity contribution in [3.8, 4) is 0 Å². The molecule has 21 heavy (non-hydrogen) atoms. The van der Waals surface area contributed by atoms with Crippen LogP contribution < -0.4 is 5.32 Å². The number of carboxylic acids is 1. The lowest BCUT2D eigenvalue weighted by molar-refractivity contribution is -0.151. The number of morpholine rings is 1. The maximum atomic E-state index is 12.1. The van der Waals surface area contributed by atoms with E-state index in [1.54, 1.807) is 0 Å². The van der Waals surface area contributed by atoms with E-state index >= 15 is 0 Å². The third kappa shape index (κ3) is 5.22. The molecule has 0 aromatic heterocycles. The molecular formula is C13H22N2O6. The van der Waals surface area contributed by atoms with Gasteiger partial charge in [-0.05, 0) is 5.92 Å². The lowest BCUT2D eigenvalue weighted by Gasteiger charge is -2.33. The molecule has 1 rings (SSSR count). The summed E-state index contributed by atoms with van der Waals surface area (Å²) in [6.45, 7) is 2.87. The van der Waals surface area contributed by atoms with Crippen molar-refractivity contribution in [2.75, 3.05) is 33.4 Å². The van der Waals surface area contributed by atoms with E-state index in [1.165, 1.54) is 12.0 Å². The molecule has 1 saturated heterocycles. The summed E-state index contributed by atoms with van der Waals surface area (Å²) >= 11 is 0. The molecule has 120 valence electrons. The van der Waals surface area contributed by atoms with Gasteiger partial charge < -0.3 is 24.8 Å². The highest BCUT2D eigenvalue weighted by Gasteiger charge is 2.33. The van der Waals surface area contributed by atoms with Crippen LogP contribution >= 0.6 is 0 Å². The Morgan fingerprint density at radius 1 is 1.48 bits per heavy atom. The number of carbonyl (C=O) groups excluding carboxylic acids is 2. The van der Waals surface area contributed by atoms with Crippen molar-refractivity contribution in [2.24, 2.45) is 5.92 Å². The topological polar surface area (TPSA) is 105 Å². The van der Waals surface area contributed by atoms with Gasteiger partial charge in [-0.3, -0.25) is 4.79 Å². The molecule has 0 aliphatic carbocycles. The van der Waals surface area contributed by atoms with Gasteiger partial charge in [0.15, 0.2) is 6.04 Å². The second kappa shape index (κ2) is 8.46. The molecule has 0 bridgehead atoms. The zero-order valence-electron chi connectivity index (χ0n) is 12.3. The quantitative estimate of drug-likeness (QED) is 0.673. The van der Waals surface area contributed by atoms with E-state index in [-0.39, 0.29) is 25.5 Å². The van der Waals surface area contributed by atoms with Crippen molar-refractivity contribution >= 4 is 18.0 Å². The van der Waals surface area contributed by atoms with Gasteiger partial charge in [-0.1, -0.05) is 13.3 Å². The molecule has 0 spiro atoms. The number of carbonyl (C=O) groups is 3. The highest BCUT2D eigenvalue weighted by atomic mass is 16.5. The van der Waals surface area contributed by atoms with Gasteiger partial charge in [0, 0.05) is 19.5 Å². The molecule has 1 heterocycles. The summed E-state index contributed by atoms with van der Waals surface area (Å²) in [6, 6.07) is -1.17. The van der Waals surface area contributed by atoms with Crippen LogP contribution in [0.2, 0.25) is 0 Å². The zero-order valence-corrected chi connectivity index (χ0v) is 12.3. The number of aliphatic carboxylic acids is 1.